The third-order valence-corrected chi connectivity index (χ3v) is 5.39. The predicted molar refractivity (Wildman–Crippen MR) is 117 cm³/mol. The fraction of sp³-hybridized carbons (Fsp3) is 0.250. The van der Waals surface area contributed by atoms with E-state index in [4.69, 9.17) is 4.74 Å². The molecule has 0 unspecified atom stereocenters. The lowest BCUT2D eigenvalue weighted by molar-refractivity contribution is -0.133. The molecule has 0 saturated carbocycles. The van der Waals surface area contributed by atoms with Crippen molar-refractivity contribution < 1.29 is 9.53 Å². The van der Waals surface area contributed by atoms with E-state index in [1.807, 2.05) is 49.5 Å². The average Bonchev–Trinajstić information content (AvgIpc) is 3.18. The van der Waals surface area contributed by atoms with Gasteiger partial charge in [0.15, 0.2) is 0 Å². The van der Waals surface area contributed by atoms with Gasteiger partial charge in [-0.2, -0.15) is 0 Å². The van der Waals surface area contributed by atoms with Gasteiger partial charge in [-0.1, -0.05) is 68.8 Å². The van der Waals surface area contributed by atoms with Crippen LogP contribution in [-0.2, 0) is 11.2 Å². The lowest BCUT2D eigenvalue weighted by Gasteiger charge is -2.06. The van der Waals surface area contributed by atoms with Crippen molar-refractivity contribution in [3.05, 3.63) is 71.8 Å². The van der Waals surface area contributed by atoms with E-state index in [1.165, 1.54) is 4.88 Å². The zero-order valence-electron chi connectivity index (χ0n) is 16.4. The van der Waals surface area contributed by atoms with Crippen molar-refractivity contribution in [2.24, 2.45) is 0 Å². The van der Waals surface area contributed by atoms with Crippen LogP contribution in [0.3, 0.4) is 0 Å². The van der Waals surface area contributed by atoms with E-state index >= 15 is 0 Å². The van der Waals surface area contributed by atoms with E-state index in [9.17, 15) is 4.79 Å². The molecule has 0 fully saturated rings. The van der Waals surface area contributed by atoms with Gasteiger partial charge >= 0.3 is 5.97 Å². The van der Waals surface area contributed by atoms with Crippen LogP contribution in [0.1, 0.15) is 38.0 Å². The molecule has 0 aliphatic carbocycles. The van der Waals surface area contributed by atoms with E-state index in [1.54, 1.807) is 11.3 Å². The Labute approximate surface area is 170 Å². The summed E-state index contributed by atoms with van der Waals surface area (Å²) in [5, 5.41) is 1.06. The maximum Gasteiger partial charge on any atom is 0.315 e. The predicted octanol–water partition coefficient (Wildman–Crippen LogP) is 6.69. The fourth-order valence-electron chi connectivity index (χ4n) is 2.84. The lowest BCUT2D eigenvalue weighted by atomic mass is 10.0. The van der Waals surface area contributed by atoms with Crippen LogP contribution in [0.4, 0.5) is 0 Å². The van der Waals surface area contributed by atoms with Gasteiger partial charge in [-0.15, -0.1) is 11.3 Å². The Morgan fingerprint density at radius 1 is 0.964 bits per heavy atom. The summed E-state index contributed by atoms with van der Waals surface area (Å²) >= 11 is 1.76. The maximum absolute atomic E-state index is 11.8. The number of hydrogen-bond acceptors (Lipinski definition) is 4. The van der Waals surface area contributed by atoms with Crippen LogP contribution in [0.5, 0.6) is 5.75 Å². The molecule has 144 valence electrons. The molecule has 0 aliphatic heterocycles. The van der Waals surface area contributed by atoms with Crippen molar-refractivity contribution in [1.29, 1.82) is 0 Å². The van der Waals surface area contributed by atoms with Crippen LogP contribution in [0.25, 0.3) is 21.7 Å². The van der Waals surface area contributed by atoms with Crippen molar-refractivity contribution in [2.45, 2.75) is 39.5 Å². The number of ether oxygens (including phenoxy) is 1. The van der Waals surface area contributed by atoms with Gasteiger partial charge in [-0.25, -0.2) is 4.98 Å². The first-order chi connectivity index (χ1) is 13.7. The van der Waals surface area contributed by atoms with Crippen LogP contribution < -0.4 is 4.74 Å². The van der Waals surface area contributed by atoms with Crippen LogP contribution in [0.15, 0.2) is 66.9 Å². The summed E-state index contributed by atoms with van der Waals surface area (Å²) in [6, 6.07) is 16.0. The summed E-state index contributed by atoms with van der Waals surface area (Å²) in [5.41, 5.74) is 3.35. The van der Waals surface area contributed by atoms with Crippen LogP contribution in [-0.4, -0.2) is 11.0 Å². The van der Waals surface area contributed by atoms with Crippen molar-refractivity contribution >= 4 is 17.3 Å². The molecule has 0 amide bonds. The highest BCUT2D eigenvalue weighted by Crippen LogP contribution is 2.29. The minimum Gasteiger partial charge on any atom is -0.426 e. The molecule has 3 rings (SSSR count). The number of esters is 1. The monoisotopic (exact) mass is 391 g/mol. The second kappa shape index (κ2) is 10.00. The Hall–Kier alpha value is -2.72. The second-order valence-corrected chi connectivity index (χ2v) is 7.66. The summed E-state index contributed by atoms with van der Waals surface area (Å²) in [6.45, 7) is 4.22. The van der Waals surface area contributed by atoms with E-state index in [0.717, 1.165) is 41.0 Å². The van der Waals surface area contributed by atoms with Crippen molar-refractivity contribution in [1.82, 2.24) is 4.98 Å². The molecule has 0 aliphatic rings. The van der Waals surface area contributed by atoms with Gasteiger partial charge in [0, 0.05) is 16.6 Å². The Morgan fingerprint density at radius 2 is 1.61 bits per heavy atom. The fourth-order valence-corrected chi connectivity index (χ4v) is 3.86. The zero-order valence-corrected chi connectivity index (χ0v) is 17.2. The average molecular weight is 392 g/mol. The van der Waals surface area contributed by atoms with E-state index in [2.05, 4.69) is 36.2 Å². The van der Waals surface area contributed by atoms with Gasteiger partial charge < -0.3 is 4.74 Å². The summed E-state index contributed by atoms with van der Waals surface area (Å²) in [5.74, 6) is 0.328. The molecule has 0 atom stereocenters. The zero-order chi connectivity index (χ0) is 19.8. The standard InChI is InChI=1S/C24H25NO2S/c1-3-5-6-8-23(26)27-21-15-13-19(14-16-21)18-9-11-20(12-10-18)24-25-17-22(28-24)7-4-2/h5-6,9-17H,3-4,7-8H2,1-2H3/b6-5-. The number of carbonyl (C=O) groups excluding carboxylic acids is 1. The number of aromatic nitrogens is 1. The maximum atomic E-state index is 11.8. The Kier molecular flexibility index (Phi) is 7.15. The molecule has 28 heavy (non-hydrogen) atoms. The molecule has 4 heteroatoms. The number of hydrogen-bond donors (Lipinski definition) is 0. The normalized spacial score (nSPS) is 11.1. The highest BCUT2D eigenvalue weighted by molar-refractivity contribution is 7.15. The van der Waals surface area contributed by atoms with Crippen molar-refractivity contribution in [2.75, 3.05) is 0 Å². The molecule has 0 N–H and O–H groups in total. The van der Waals surface area contributed by atoms with E-state index in [0.29, 0.717) is 12.2 Å². The Balaban J connectivity index is 1.65. The summed E-state index contributed by atoms with van der Waals surface area (Å²) < 4.78 is 5.35. The second-order valence-electron chi connectivity index (χ2n) is 6.54. The first-order valence-corrected chi connectivity index (χ1v) is 10.5. The highest BCUT2D eigenvalue weighted by Gasteiger charge is 2.06. The minimum atomic E-state index is -0.243. The molecule has 0 spiro atoms. The van der Waals surface area contributed by atoms with Crippen LogP contribution in [0, 0.1) is 0 Å². The number of benzene rings is 2. The minimum absolute atomic E-state index is 0.243. The molecule has 1 heterocycles. The SMILES string of the molecule is CC/C=C\CC(=O)Oc1ccc(-c2ccc(-c3ncc(CCC)s3)cc2)cc1. The van der Waals surface area contributed by atoms with Gasteiger partial charge in [0.2, 0.25) is 0 Å². The number of aryl methyl sites for hydroxylation is 1. The molecule has 3 aromatic rings. The number of nitrogens with zero attached hydrogens (tertiary/aromatic N) is 1. The first-order valence-electron chi connectivity index (χ1n) is 9.70. The molecule has 1 aromatic heterocycles. The quantitative estimate of drug-likeness (QED) is 0.244. The van der Waals surface area contributed by atoms with Gasteiger partial charge in [-0.05, 0) is 36.1 Å². The smallest absolute Gasteiger partial charge is 0.315 e. The summed E-state index contributed by atoms with van der Waals surface area (Å²) in [6.07, 6.45) is 9.23. The molecular weight excluding hydrogens is 366 g/mol. The van der Waals surface area contributed by atoms with E-state index < -0.39 is 0 Å². The van der Waals surface area contributed by atoms with Crippen molar-refractivity contribution in [3.8, 4) is 27.4 Å². The molecule has 0 saturated heterocycles. The summed E-state index contributed by atoms with van der Waals surface area (Å²) in [7, 11) is 0. The molecular formula is C24H25NO2S. The number of allylic oxidation sites excluding steroid dienone is 1. The largest absolute Gasteiger partial charge is 0.426 e. The third kappa shape index (κ3) is 5.40. The topological polar surface area (TPSA) is 39.2 Å². The summed E-state index contributed by atoms with van der Waals surface area (Å²) in [4.78, 5) is 17.6. The number of thiazole rings is 1. The van der Waals surface area contributed by atoms with Gasteiger partial charge in [0.05, 0.1) is 6.42 Å². The van der Waals surface area contributed by atoms with Crippen LogP contribution in [0.2, 0.25) is 0 Å². The molecule has 2 aromatic carbocycles. The number of rotatable bonds is 8. The third-order valence-electron chi connectivity index (χ3n) is 4.29. The molecule has 0 radical (unpaired) electrons. The van der Waals surface area contributed by atoms with Gasteiger partial charge in [-0.3, -0.25) is 4.79 Å². The van der Waals surface area contributed by atoms with Crippen molar-refractivity contribution in [3.63, 3.8) is 0 Å². The van der Waals surface area contributed by atoms with E-state index in [-0.39, 0.29) is 5.97 Å². The van der Waals surface area contributed by atoms with Crippen LogP contribution >= 0.6 is 11.3 Å². The molecule has 0 bridgehead atoms. The molecule has 3 nitrogen and oxygen atoms in total. The van der Waals surface area contributed by atoms with Gasteiger partial charge in [0.1, 0.15) is 10.8 Å². The first kappa shape index (κ1) is 20.0. The lowest BCUT2D eigenvalue weighted by Crippen LogP contribution is -2.05. The Bertz CT molecular complexity index is 924. The van der Waals surface area contributed by atoms with Gasteiger partial charge in [0.25, 0.3) is 0 Å². The Morgan fingerprint density at radius 3 is 2.25 bits per heavy atom. The number of carbonyl (C=O) groups is 1. The highest BCUT2D eigenvalue weighted by atomic mass is 32.1.